The number of nitrogens with one attached hydrogen (secondary N) is 1. The van der Waals surface area contributed by atoms with E-state index >= 15 is 0 Å². The predicted octanol–water partition coefficient (Wildman–Crippen LogP) is 4.17. The summed E-state index contributed by atoms with van der Waals surface area (Å²) >= 11 is 0. The lowest BCUT2D eigenvalue weighted by molar-refractivity contribution is -0.131. The average Bonchev–Trinajstić information content (AvgIpc) is 3.38. The predicted molar refractivity (Wildman–Crippen MR) is 138 cm³/mol. The summed E-state index contributed by atoms with van der Waals surface area (Å²) in [5.41, 5.74) is 3.89. The standard InChI is InChI=1S/C29H26N4O3/c34-28(23-12-6-2-7-13-23)30-26(29(35)32-16-18-36-19-17-32)20-24-21-33(25-14-8-3-9-15-25)31-27(24)22-10-4-1-5-11-22/h1-15,20-21H,16-19H2,(H,30,34)/b26-20-. The van der Waals surface area contributed by atoms with Crippen molar-refractivity contribution in [3.63, 3.8) is 0 Å². The van der Waals surface area contributed by atoms with Crippen LogP contribution in [0.2, 0.25) is 0 Å². The molecule has 3 aromatic carbocycles. The van der Waals surface area contributed by atoms with Gasteiger partial charge in [-0.15, -0.1) is 0 Å². The quantitative estimate of drug-likeness (QED) is 0.422. The van der Waals surface area contributed by atoms with Gasteiger partial charge in [0.15, 0.2) is 0 Å². The lowest BCUT2D eigenvalue weighted by Crippen LogP contribution is -2.44. The lowest BCUT2D eigenvalue weighted by Gasteiger charge is -2.27. The molecule has 36 heavy (non-hydrogen) atoms. The lowest BCUT2D eigenvalue weighted by atomic mass is 10.1. The summed E-state index contributed by atoms with van der Waals surface area (Å²) in [6.07, 6.45) is 3.59. The molecule has 1 aromatic heterocycles. The van der Waals surface area contributed by atoms with E-state index in [1.807, 2.05) is 72.9 Å². The van der Waals surface area contributed by atoms with Crippen molar-refractivity contribution in [3.8, 4) is 16.9 Å². The Bertz CT molecular complexity index is 1360. The van der Waals surface area contributed by atoms with Gasteiger partial charge in [-0.25, -0.2) is 4.68 Å². The Labute approximate surface area is 209 Å². The topological polar surface area (TPSA) is 76.5 Å². The number of hydrogen-bond acceptors (Lipinski definition) is 4. The fourth-order valence-corrected chi connectivity index (χ4v) is 4.05. The molecule has 0 aliphatic carbocycles. The van der Waals surface area contributed by atoms with Gasteiger partial charge < -0.3 is 15.0 Å². The molecule has 1 N–H and O–H groups in total. The summed E-state index contributed by atoms with van der Waals surface area (Å²) in [7, 11) is 0. The molecule has 180 valence electrons. The number of carbonyl (C=O) groups excluding carboxylic acids is 2. The molecule has 1 saturated heterocycles. The van der Waals surface area contributed by atoms with Crippen LogP contribution < -0.4 is 5.32 Å². The van der Waals surface area contributed by atoms with Gasteiger partial charge in [0.1, 0.15) is 11.4 Å². The van der Waals surface area contributed by atoms with Gasteiger partial charge in [0, 0.05) is 36.0 Å². The Balaban J connectivity index is 1.58. The van der Waals surface area contributed by atoms with Crippen LogP contribution in [0, 0.1) is 0 Å². The van der Waals surface area contributed by atoms with Gasteiger partial charge in [0.25, 0.3) is 11.8 Å². The first-order valence-electron chi connectivity index (χ1n) is 11.8. The van der Waals surface area contributed by atoms with E-state index in [1.54, 1.807) is 39.9 Å². The zero-order valence-electron chi connectivity index (χ0n) is 19.7. The first-order valence-corrected chi connectivity index (χ1v) is 11.8. The van der Waals surface area contributed by atoms with Gasteiger partial charge in [-0.2, -0.15) is 5.10 Å². The van der Waals surface area contributed by atoms with E-state index in [0.717, 1.165) is 16.8 Å². The van der Waals surface area contributed by atoms with Crippen LogP contribution in [0.1, 0.15) is 15.9 Å². The number of para-hydroxylation sites is 1. The summed E-state index contributed by atoms with van der Waals surface area (Å²) in [4.78, 5) is 28.3. The molecule has 2 heterocycles. The average molecular weight is 479 g/mol. The number of nitrogens with zero attached hydrogens (tertiary/aromatic N) is 3. The molecular formula is C29H26N4O3. The van der Waals surface area contributed by atoms with E-state index < -0.39 is 0 Å². The molecule has 4 aromatic rings. The van der Waals surface area contributed by atoms with Crippen LogP contribution in [0.3, 0.4) is 0 Å². The van der Waals surface area contributed by atoms with Crippen molar-refractivity contribution in [2.24, 2.45) is 0 Å². The van der Waals surface area contributed by atoms with E-state index in [1.165, 1.54) is 0 Å². The molecule has 0 saturated carbocycles. The molecule has 1 aliphatic rings. The molecule has 0 bridgehead atoms. The van der Waals surface area contributed by atoms with E-state index in [9.17, 15) is 9.59 Å². The molecule has 7 nitrogen and oxygen atoms in total. The van der Waals surface area contributed by atoms with Gasteiger partial charge in [-0.05, 0) is 30.3 Å². The summed E-state index contributed by atoms with van der Waals surface area (Å²) in [5.74, 6) is -0.603. The summed E-state index contributed by atoms with van der Waals surface area (Å²) in [6, 6.07) is 28.4. The van der Waals surface area contributed by atoms with Crippen molar-refractivity contribution >= 4 is 17.9 Å². The van der Waals surface area contributed by atoms with Crippen molar-refractivity contribution < 1.29 is 14.3 Å². The highest BCUT2D eigenvalue weighted by atomic mass is 16.5. The number of amides is 2. The number of morpholine rings is 1. The van der Waals surface area contributed by atoms with Crippen molar-refractivity contribution in [2.75, 3.05) is 26.3 Å². The molecule has 5 rings (SSSR count). The highest BCUT2D eigenvalue weighted by Gasteiger charge is 2.24. The third-order valence-corrected chi connectivity index (χ3v) is 5.92. The molecule has 7 heteroatoms. The van der Waals surface area contributed by atoms with Gasteiger partial charge in [0.2, 0.25) is 0 Å². The molecule has 2 amide bonds. The highest BCUT2D eigenvalue weighted by Crippen LogP contribution is 2.26. The zero-order valence-corrected chi connectivity index (χ0v) is 19.7. The molecule has 0 radical (unpaired) electrons. The largest absolute Gasteiger partial charge is 0.378 e. The maximum Gasteiger partial charge on any atom is 0.270 e. The van der Waals surface area contributed by atoms with Crippen LogP contribution >= 0.6 is 0 Å². The SMILES string of the molecule is O=C(N/C(=C\c1cn(-c2ccccc2)nc1-c1ccccc1)C(=O)N1CCOCC1)c1ccccc1. The van der Waals surface area contributed by atoms with Gasteiger partial charge >= 0.3 is 0 Å². The van der Waals surface area contributed by atoms with Crippen molar-refractivity contribution in [1.29, 1.82) is 0 Å². The number of benzene rings is 3. The minimum absolute atomic E-state index is 0.190. The molecule has 0 spiro atoms. The molecular weight excluding hydrogens is 452 g/mol. The number of rotatable bonds is 6. The first-order chi connectivity index (χ1) is 17.7. The maximum atomic E-state index is 13.6. The molecule has 1 aliphatic heterocycles. The van der Waals surface area contributed by atoms with Crippen molar-refractivity contribution in [2.45, 2.75) is 0 Å². The second kappa shape index (κ2) is 10.8. The van der Waals surface area contributed by atoms with Gasteiger partial charge in [-0.1, -0.05) is 66.7 Å². The van der Waals surface area contributed by atoms with Gasteiger partial charge in [-0.3, -0.25) is 9.59 Å². The second-order valence-corrected chi connectivity index (χ2v) is 8.36. The Kier molecular flexibility index (Phi) is 7.00. The third-order valence-electron chi connectivity index (χ3n) is 5.92. The van der Waals surface area contributed by atoms with E-state index in [4.69, 9.17) is 9.84 Å². The normalized spacial score (nSPS) is 13.9. The third kappa shape index (κ3) is 5.26. The van der Waals surface area contributed by atoms with Crippen LogP contribution in [0.5, 0.6) is 0 Å². The van der Waals surface area contributed by atoms with Crippen LogP contribution in [0.25, 0.3) is 23.0 Å². The fourth-order valence-electron chi connectivity index (χ4n) is 4.05. The van der Waals surface area contributed by atoms with Crippen LogP contribution in [0.15, 0.2) is 103 Å². The second-order valence-electron chi connectivity index (χ2n) is 8.36. The van der Waals surface area contributed by atoms with E-state index in [0.29, 0.717) is 37.6 Å². The van der Waals surface area contributed by atoms with Crippen LogP contribution in [0.4, 0.5) is 0 Å². The Hall–Kier alpha value is -4.49. The number of carbonyl (C=O) groups is 2. The van der Waals surface area contributed by atoms with Crippen LogP contribution in [-0.4, -0.2) is 52.8 Å². The Morgan fingerprint density at radius 1 is 0.833 bits per heavy atom. The number of aromatic nitrogens is 2. The van der Waals surface area contributed by atoms with E-state index in [2.05, 4.69) is 5.32 Å². The Morgan fingerprint density at radius 2 is 1.44 bits per heavy atom. The minimum atomic E-state index is -0.347. The maximum absolute atomic E-state index is 13.6. The molecule has 0 atom stereocenters. The number of hydrogen-bond donors (Lipinski definition) is 1. The molecule has 1 fully saturated rings. The van der Waals surface area contributed by atoms with Crippen molar-refractivity contribution in [1.82, 2.24) is 20.0 Å². The zero-order chi connectivity index (χ0) is 24.7. The summed E-state index contributed by atoms with van der Waals surface area (Å²) in [5, 5.41) is 7.69. The molecule has 0 unspecified atom stereocenters. The number of ether oxygens (including phenoxy) is 1. The summed E-state index contributed by atoms with van der Waals surface area (Å²) < 4.78 is 7.20. The fraction of sp³-hybridized carbons (Fsp3) is 0.138. The Morgan fingerprint density at radius 3 is 2.11 bits per heavy atom. The minimum Gasteiger partial charge on any atom is -0.378 e. The summed E-state index contributed by atoms with van der Waals surface area (Å²) in [6.45, 7) is 1.86. The monoisotopic (exact) mass is 478 g/mol. The van der Waals surface area contributed by atoms with Gasteiger partial charge in [0.05, 0.1) is 18.9 Å². The first kappa shape index (κ1) is 23.3. The van der Waals surface area contributed by atoms with E-state index in [-0.39, 0.29) is 17.5 Å². The van der Waals surface area contributed by atoms with Crippen molar-refractivity contribution in [3.05, 3.63) is 114 Å². The smallest absolute Gasteiger partial charge is 0.270 e. The highest BCUT2D eigenvalue weighted by molar-refractivity contribution is 6.05. The van der Waals surface area contributed by atoms with Crippen LogP contribution in [-0.2, 0) is 9.53 Å².